The van der Waals surface area contributed by atoms with Crippen LogP contribution in [-0.2, 0) is 0 Å². The van der Waals surface area contributed by atoms with Gasteiger partial charge >= 0.3 is 5.69 Å². The van der Waals surface area contributed by atoms with Crippen molar-refractivity contribution >= 4 is 21.6 Å². The lowest BCUT2D eigenvalue weighted by Gasteiger charge is -2.04. The summed E-state index contributed by atoms with van der Waals surface area (Å²) in [6.45, 7) is 3.20. The second kappa shape index (κ2) is 3.33. The van der Waals surface area contributed by atoms with E-state index in [9.17, 15) is 15.2 Å². The molecule has 4 nitrogen and oxygen atoms in total. The number of rotatable bonds is 1. The maximum Gasteiger partial charge on any atom is 0.314 e. The lowest BCUT2D eigenvalue weighted by molar-refractivity contribution is -0.386. The first-order chi connectivity index (χ1) is 5.95. The van der Waals surface area contributed by atoms with Gasteiger partial charge in [0.05, 0.1) is 4.92 Å². The van der Waals surface area contributed by atoms with E-state index in [2.05, 4.69) is 15.9 Å². The number of nitrogens with zero attached hydrogens (tertiary/aromatic N) is 1. The summed E-state index contributed by atoms with van der Waals surface area (Å²) in [5.74, 6) is -0.259. The summed E-state index contributed by atoms with van der Waals surface area (Å²) >= 11 is 3.18. The Morgan fingerprint density at radius 3 is 2.54 bits per heavy atom. The Balaban J connectivity index is 3.56. The highest BCUT2D eigenvalue weighted by Gasteiger charge is 2.21. The third kappa shape index (κ3) is 1.65. The fraction of sp³-hybridized carbons (Fsp3) is 0.250. The summed E-state index contributed by atoms with van der Waals surface area (Å²) in [4.78, 5) is 9.99. The van der Waals surface area contributed by atoms with Crippen molar-refractivity contribution < 1.29 is 10.0 Å². The van der Waals surface area contributed by atoms with Crippen LogP contribution in [0.1, 0.15) is 11.1 Å². The molecule has 0 unspecified atom stereocenters. The van der Waals surface area contributed by atoms with Crippen LogP contribution in [-0.4, -0.2) is 10.0 Å². The zero-order chi connectivity index (χ0) is 10.2. The molecule has 13 heavy (non-hydrogen) atoms. The second-order valence-electron chi connectivity index (χ2n) is 2.75. The Kier molecular flexibility index (Phi) is 2.56. The molecule has 0 radical (unpaired) electrons. The van der Waals surface area contributed by atoms with Crippen molar-refractivity contribution in [2.24, 2.45) is 0 Å². The van der Waals surface area contributed by atoms with Gasteiger partial charge in [0, 0.05) is 10.0 Å². The van der Waals surface area contributed by atoms with E-state index in [-0.39, 0.29) is 11.4 Å². The SMILES string of the molecule is Cc1cc(Br)c(C)c([N+](=O)[O-])c1O. The van der Waals surface area contributed by atoms with E-state index in [1.807, 2.05) is 0 Å². The van der Waals surface area contributed by atoms with Crippen LogP contribution in [0.4, 0.5) is 5.69 Å². The molecule has 0 bridgehead atoms. The number of phenols is 1. The van der Waals surface area contributed by atoms with E-state index < -0.39 is 4.92 Å². The molecule has 70 valence electrons. The van der Waals surface area contributed by atoms with Crippen molar-refractivity contribution in [2.45, 2.75) is 13.8 Å². The van der Waals surface area contributed by atoms with E-state index in [0.29, 0.717) is 15.6 Å². The molecule has 1 aromatic carbocycles. The molecule has 1 N–H and O–H groups in total. The van der Waals surface area contributed by atoms with E-state index >= 15 is 0 Å². The normalized spacial score (nSPS) is 10.1. The predicted molar refractivity (Wildman–Crippen MR) is 51.9 cm³/mol. The number of aryl methyl sites for hydroxylation is 1. The molecule has 0 aliphatic heterocycles. The molecule has 0 fully saturated rings. The average molecular weight is 246 g/mol. The van der Waals surface area contributed by atoms with E-state index in [1.54, 1.807) is 19.9 Å². The van der Waals surface area contributed by atoms with E-state index in [4.69, 9.17) is 0 Å². The molecule has 0 amide bonds. The first kappa shape index (κ1) is 9.98. The Bertz CT molecular complexity index is 350. The maximum atomic E-state index is 10.6. The number of benzene rings is 1. The molecule has 0 spiro atoms. The Labute approximate surface area is 83.5 Å². The number of hydrogen-bond donors (Lipinski definition) is 1. The molecule has 0 saturated carbocycles. The van der Waals surface area contributed by atoms with Crippen molar-refractivity contribution in [2.75, 3.05) is 0 Å². The van der Waals surface area contributed by atoms with Crippen LogP contribution in [0.15, 0.2) is 10.5 Å². The quantitative estimate of drug-likeness (QED) is 0.612. The predicted octanol–water partition coefficient (Wildman–Crippen LogP) is 2.68. The van der Waals surface area contributed by atoms with Crippen LogP contribution in [0.5, 0.6) is 5.75 Å². The number of nitro groups is 1. The van der Waals surface area contributed by atoms with Gasteiger partial charge in [0.2, 0.25) is 0 Å². The smallest absolute Gasteiger partial charge is 0.314 e. The van der Waals surface area contributed by atoms with E-state index in [1.165, 1.54) is 0 Å². The lowest BCUT2D eigenvalue weighted by Crippen LogP contribution is -1.94. The highest BCUT2D eigenvalue weighted by Crippen LogP contribution is 2.37. The Hall–Kier alpha value is -1.10. The molecule has 5 heteroatoms. The van der Waals surface area contributed by atoms with Crippen molar-refractivity contribution in [1.29, 1.82) is 0 Å². The third-order valence-corrected chi connectivity index (χ3v) is 2.66. The zero-order valence-corrected chi connectivity index (χ0v) is 8.75. The van der Waals surface area contributed by atoms with Crippen LogP contribution in [0.3, 0.4) is 0 Å². The van der Waals surface area contributed by atoms with Crippen LogP contribution in [0.2, 0.25) is 0 Å². The molecule has 1 aromatic rings. The molecular formula is C8H8BrNO3. The van der Waals surface area contributed by atoms with Gasteiger partial charge < -0.3 is 5.11 Å². The van der Waals surface area contributed by atoms with Crippen molar-refractivity contribution in [3.8, 4) is 5.75 Å². The Morgan fingerprint density at radius 2 is 2.08 bits per heavy atom. The van der Waals surface area contributed by atoms with Gasteiger partial charge in [-0.3, -0.25) is 10.1 Å². The second-order valence-corrected chi connectivity index (χ2v) is 3.61. The minimum absolute atomic E-state index is 0.230. The van der Waals surface area contributed by atoms with Gasteiger partial charge in [0.1, 0.15) is 0 Å². The molecule has 1 rings (SSSR count). The molecule has 0 aromatic heterocycles. The first-order valence-electron chi connectivity index (χ1n) is 3.58. The monoisotopic (exact) mass is 245 g/mol. The van der Waals surface area contributed by atoms with Crippen molar-refractivity contribution in [3.05, 3.63) is 31.8 Å². The minimum atomic E-state index is -0.581. The lowest BCUT2D eigenvalue weighted by atomic mass is 10.1. The summed E-state index contributed by atoms with van der Waals surface area (Å²) < 4.78 is 0.634. The summed E-state index contributed by atoms with van der Waals surface area (Å²) in [6.07, 6.45) is 0. The van der Waals surface area contributed by atoms with Crippen molar-refractivity contribution in [1.82, 2.24) is 0 Å². The van der Waals surface area contributed by atoms with Crippen LogP contribution >= 0.6 is 15.9 Å². The molecule has 0 aliphatic carbocycles. The zero-order valence-electron chi connectivity index (χ0n) is 7.17. The first-order valence-corrected chi connectivity index (χ1v) is 4.37. The summed E-state index contributed by atoms with van der Waals surface area (Å²) in [6, 6.07) is 1.65. The van der Waals surface area contributed by atoms with E-state index in [0.717, 1.165) is 0 Å². The van der Waals surface area contributed by atoms with Crippen molar-refractivity contribution in [3.63, 3.8) is 0 Å². The topological polar surface area (TPSA) is 63.4 Å². The average Bonchev–Trinajstić information content (AvgIpc) is 2.01. The third-order valence-electron chi connectivity index (χ3n) is 1.84. The largest absolute Gasteiger partial charge is 0.502 e. The summed E-state index contributed by atoms with van der Waals surface area (Å²) in [5, 5.41) is 20.0. The maximum absolute atomic E-state index is 10.6. The molecular weight excluding hydrogens is 238 g/mol. The molecule has 0 saturated heterocycles. The summed E-state index contributed by atoms with van der Waals surface area (Å²) in [5.41, 5.74) is 0.698. The number of halogens is 1. The molecule has 0 atom stereocenters. The number of hydrogen-bond acceptors (Lipinski definition) is 3. The van der Waals surface area contributed by atoms with Crippen LogP contribution in [0, 0.1) is 24.0 Å². The fourth-order valence-electron chi connectivity index (χ4n) is 1.07. The number of phenolic OH excluding ortho intramolecular Hbond substituents is 1. The van der Waals surface area contributed by atoms with Gasteiger partial charge in [-0.15, -0.1) is 0 Å². The van der Waals surface area contributed by atoms with Gasteiger partial charge in [-0.2, -0.15) is 0 Å². The molecule has 0 aliphatic rings. The van der Waals surface area contributed by atoms with Crippen LogP contribution in [0.25, 0.3) is 0 Å². The van der Waals surface area contributed by atoms with Gasteiger partial charge in [0.25, 0.3) is 0 Å². The fourth-order valence-corrected chi connectivity index (χ4v) is 1.60. The minimum Gasteiger partial charge on any atom is -0.502 e. The highest BCUT2D eigenvalue weighted by molar-refractivity contribution is 9.10. The van der Waals surface area contributed by atoms with Crippen LogP contribution < -0.4 is 0 Å². The number of aromatic hydroxyl groups is 1. The molecule has 0 heterocycles. The Morgan fingerprint density at radius 1 is 1.54 bits per heavy atom. The highest BCUT2D eigenvalue weighted by atomic mass is 79.9. The van der Waals surface area contributed by atoms with Gasteiger partial charge in [0.15, 0.2) is 5.75 Å². The van der Waals surface area contributed by atoms with Gasteiger partial charge in [-0.05, 0) is 25.5 Å². The van der Waals surface area contributed by atoms with Gasteiger partial charge in [-0.25, -0.2) is 0 Å². The standard InChI is InChI=1S/C8H8BrNO3/c1-4-3-6(9)5(2)7(8(4)11)10(12)13/h3,11H,1-2H3. The summed E-state index contributed by atoms with van der Waals surface area (Å²) in [7, 11) is 0. The number of nitro benzene ring substituents is 1. The van der Waals surface area contributed by atoms with Gasteiger partial charge in [-0.1, -0.05) is 15.9 Å².